The summed E-state index contributed by atoms with van der Waals surface area (Å²) in [6, 6.07) is 21.7. The van der Waals surface area contributed by atoms with Crippen LogP contribution in [-0.4, -0.2) is 12.4 Å². The standard InChI is InChI=1S/C30H33FN2/c1-3-5-7-9-24-11-13-26(14-12-24)22-32-33-23-27-17-20-29(30(31)21-27)28-18-15-25(16-19-28)10-8-6-4-2/h3,11-23H,1,4-10H2,2H3. The summed E-state index contributed by atoms with van der Waals surface area (Å²) in [5, 5.41) is 8.18. The van der Waals surface area contributed by atoms with Crippen molar-refractivity contribution in [3.8, 4) is 11.1 Å². The molecule has 0 saturated carbocycles. The largest absolute Gasteiger partial charge is 0.206 e. The van der Waals surface area contributed by atoms with E-state index in [0.29, 0.717) is 11.1 Å². The van der Waals surface area contributed by atoms with Gasteiger partial charge in [0, 0.05) is 5.56 Å². The van der Waals surface area contributed by atoms with E-state index in [2.05, 4.69) is 48.0 Å². The Hall–Kier alpha value is -3.33. The molecule has 0 bridgehead atoms. The first kappa shape index (κ1) is 24.3. The molecule has 0 N–H and O–H groups in total. The van der Waals surface area contributed by atoms with Crippen molar-refractivity contribution < 1.29 is 4.39 Å². The van der Waals surface area contributed by atoms with Gasteiger partial charge in [0.2, 0.25) is 0 Å². The highest BCUT2D eigenvalue weighted by atomic mass is 19.1. The summed E-state index contributed by atoms with van der Waals surface area (Å²) in [6.45, 7) is 5.96. The molecule has 0 aliphatic carbocycles. The van der Waals surface area contributed by atoms with Crippen LogP contribution in [-0.2, 0) is 12.8 Å². The van der Waals surface area contributed by atoms with Crippen molar-refractivity contribution in [1.29, 1.82) is 0 Å². The van der Waals surface area contributed by atoms with Crippen LogP contribution in [0.2, 0.25) is 0 Å². The zero-order valence-corrected chi connectivity index (χ0v) is 19.5. The van der Waals surface area contributed by atoms with Gasteiger partial charge in [-0.05, 0) is 66.0 Å². The summed E-state index contributed by atoms with van der Waals surface area (Å²) >= 11 is 0. The van der Waals surface area contributed by atoms with Crippen LogP contribution in [0, 0.1) is 5.82 Å². The topological polar surface area (TPSA) is 24.7 Å². The number of rotatable bonds is 12. The van der Waals surface area contributed by atoms with Gasteiger partial charge in [0.15, 0.2) is 0 Å². The minimum absolute atomic E-state index is 0.256. The van der Waals surface area contributed by atoms with E-state index < -0.39 is 0 Å². The predicted octanol–water partition coefficient (Wildman–Crippen LogP) is 8.19. The molecular formula is C30H33FN2. The molecule has 33 heavy (non-hydrogen) atoms. The van der Waals surface area contributed by atoms with Crippen LogP contribution < -0.4 is 0 Å². The molecule has 3 rings (SSSR count). The molecule has 0 fully saturated rings. The third-order valence-corrected chi connectivity index (χ3v) is 5.66. The third-order valence-electron chi connectivity index (χ3n) is 5.66. The molecule has 0 aromatic heterocycles. The van der Waals surface area contributed by atoms with Crippen LogP contribution in [0.5, 0.6) is 0 Å². The maximum absolute atomic E-state index is 14.7. The van der Waals surface area contributed by atoms with E-state index >= 15 is 0 Å². The lowest BCUT2D eigenvalue weighted by atomic mass is 10.00. The number of unbranched alkanes of at least 4 members (excludes halogenated alkanes) is 3. The van der Waals surface area contributed by atoms with Gasteiger partial charge < -0.3 is 0 Å². The molecule has 0 aliphatic rings. The average Bonchev–Trinajstić information content (AvgIpc) is 2.84. The van der Waals surface area contributed by atoms with Gasteiger partial charge in [0.1, 0.15) is 5.82 Å². The monoisotopic (exact) mass is 440 g/mol. The number of hydrogen-bond acceptors (Lipinski definition) is 2. The zero-order valence-electron chi connectivity index (χ0n) is 19.5. The fraction of sp³-hybridized carbons (Fsp3) is 0.267. The normalized spacial score (nSPS) is 11.5. The fourth-order valence-electron chi connectivity index (χ4n) is 3.70. The second kappa shape index (κ2) is 13.3. The minimum atomic E-state index is -0.256. The fourth-order valence-corrected chi connectivity index (χ4v) is 3.70. The Bertz CT molecular complexity index is 1060. The van der Waals surface area contributed by atoms with Crippen LogP contribution in [0.25, 0.3) is 11.1 Å². The second-order valence-corrected chi connectivity index (χ2v) is 8.30. The molecule has 0 heterocycles. The van der Waals surface area contributed by atoms with Crippen LogP contribution in [0.4, 0.5) is 4.39 Å². The lowest BCUT2D eigenvalue weighted by Gasteiger charge is -2.06. The van der Waals surface area contributed by atoms with Crippen molar-refractivity contribution in [3.63, 3.8) is 0 Å². The average molecular weight is 441 g/mol. The van der Waals surface area contributed by atoms with E-state index in [1.54, 1.807) is 18.5 Å². The molecular weight excluding hydrogens is 407 g/mol. The number of benzene rings is 3. The van der Waals surface area contributed by atoms with Crippen molar-refractivity contribution >= 4 is 12.4 Å². The smallest absolute Gasteiger partial charge is 0.131 e. The molecule has 170 valence electrons. The first-order valence-electron chi connectivity index (χ1n) is 11.8. The molecule has 0 aliphatic heterocycles. The molecule has 0 saturated heterocycles. The van der Waals surface area contributed by atoms with E-state index in [4.69, 9.17) is 0 Å². The Morgan fingerprint density at radius 3 is 2.00 bits per heavy atom. The second-order valence-electron chi connectivity index (χ2n) is 8.30. The molecule has 0 atom stereocenters. The Morgan fingerprint density at radius 2 is 1.36 bits per heavy atom. The third kappa shape index (κ3) is 7.94. The van der Waals surface area contributed by atoms with E-state index in [1.165, 1.54) is 36.5 Å². The zero-order chi connectivity index (χ0) is 23.3. The van der Waals surface area contributed by atoms with E-state index in [0.717, 1.165) is 36.8 Å². The van der Waals surface area contributed by atoms with Crippen LogP contribution in [0.3, 0.4) is 0 Å². The van der Waals surface area contributed by atoms with E-state index in [1.807, 2.05) is 36.4 Å². The molecule has 3 aromatic rings. The van der Waals surface area contributed by atoms with Crippen LogP contribution in [0.15, 0.2) is 89.6 Å². The summed E-state index contributed by atoms with van der Waals surface area (Å²) in [7, 11) is 0. The van der Waals surface area contributed by atoms with Gasteiger partial charge >= 0.3 is 0 Å². The molecule has 3 aromatic carbocycles. The quantitative estimate of drug-likeness (QED) is 0.117. The first-order chi connectivity index (χ1) is 16.2. The Labute approximate surface area is 197 Å². The van der Waals surface area contributed by atoms with Crippen molar-refractivity contribution in [3.05, 3.63) is 107 Å². The predicted molar refractivity (Wildman–Crippen MR) is 140 cm³/mol. The Kier molecular flexibility index (Phi) is 9.78. The number of hydrogen-bond donors (Lipinski definition) is 0. The molecule has 0 spiro atoms. The highest BCUT2D eigenvalue weighted by Crippen LogP contribution is 2.24. The Morgan fingerprint density at radius 1 is 0.758 bits per heavy atom. The minimum Gasteiger partial charge on any atom is -0.206 e. The summed E-state index contributed by atoms with van der Waals surface area (Å²) in [5.41, 5.74) is 5.77. The molecule has 0 radical (unpaired) electrons. The van der Waals surface area contributed by atoms with Crippen LogP contribution in [0.1, 0.15) is 61.3 Å². The first-order valence-corrected chi connectivity index (χ1v) is 11.8. The number of nitrogens with zero attached hydrogens (tertiary/aromatic N) is 2. The lowest BCUT2D eigenvalue weighted by Crippen LogP contribution is -1.90. The molecule has 0 unspecified atom stereocenters. The van der Waals surface area contributed by atoms with Gasteiger partial charge in [0.25, 0.3) is 0 Å². The summed E-state index contributed by atoms with van der Waals surface area (Å²) < 4.78 is 14.7. The van der Waals surface area contributed by atoms with Gasteiger partial charge in [0.05, 0.1) is 12.4 Å². The highest BCUT2D eigenvalue weighted by molar-refractivity contribution is 5.83. The highest BCUT2D eigenvalue weighted by Gasteiger charge is 2.06. The summed E-state index contributed by atoms with van der Waals surface area (Å²) in [5.74, 6) is -0.256. The molecule has 3 heteroatoms. The van der Waals surface area contributed by atoms with Crippen LogP contribution >= 0.6 is 0 Å². The van der Waals surface area contributed by atoms with Gasteiger partial charge in [-0.15, -0.1) is 6.58 Å². The van der Waals surface area contributed by atoms with E-state index in [9.17, 15) is 4.39 Å². The molecule has 2 nitrogen and oxygen atoms in total. The SMILES string of the molecule is C=CCCCc1ccc(C=NN=Cc2ccc(-c3ccc(CCCCC)cc3)c(F)c2)cc1. The van der Waals surface area contributed by atoms with Crippen molar-refractivity contribution in [2.75, 3.05) is 0 Å². The summed E-state index contributed by atoms with van der Waals surface area (Å²) in [4.78, 5) is 0. The lowest BCUT2D eigenvalue weighted by molar-refractivity contribution is 0.631. The number of aryl methyl sites for hydroxylation is 2. The van der Waals surface area contributed by atoms with E-state index in [-0.39, 0.29) is 5.82 Å². The Balaban J connectivity index is 1.56. The van der Waals surface area contributed by atoms with Crippen molar-refractivity contribution in [1.82, 2.24) is 0 Å². The maximum Gasteiger partial charge on any atom is 0.131 e. The number of halogens is 1. The van der Waals surface area contributed by atoms with Gasteiger partial charge in [-0.2, -0.15) is 10.2 Å². The van der Waals surface area contributed by atoms with Crippen molar-refractivity contribution in [2.24, 2.45) is 10.2 Å². The number of allylic oxidation sites excluding steroid dienone is 1. The van der Waals surface area contributed by atoms with Gasteiger partial charge in [-0.25, -0.2) is 4.39 Å². The van der Waals surface area contributed by atoms with Gasteiger partial charge in [-0.3, -0.25) is 0 Å². The summed E-state index contributed by atoms with van der Waals surface area (Å²) in [6.07, 6.45) is 13.2. The van der Waals surface area contributed by atoms with Gasteiger partial charge in [-0.1, -0.05) is 86.5 Å². The molecule has 0 amide bonds. The van der Waals surface area contributed by atoms with Crippen molar-refractivity contribution in [2.45, 2.75) is 51.9 Å². The maximum atomic E-state index is 14.7.